The molecular weight excluding hydrogens is 218 g/mol. The van der Waals surface area contributed by atoms with Gasteiger partial charge in [0.15, 0.2) is 0 Å². The molecule has 0 bridgehead atoms. The zero-order chi connectivity index (χ0) is 10.6. The number of hydrogen-bond donors (Lipinski definition) is 0. The molecule has 2 aliphatic rings. The van der Waals surface area contributed by atoms with Crippen molar-refractivity contribution < 1.29 is 0 Å². The van der Waals surface area contributed by atoms with Crippen molar-refractivity contribution in [2.45, 2.75) is 44.9 Å². The highest BCUT2D eigenvalue weighted by molar-refractivity contribution is 7.14. The molecule has 0 atom stereocenters. The van der Waals surface area contributed by atoms with Crippen molar-refractivity contribution in [3.05, 3.63) is 16.9 Å². The van der Waals surface area contributed by atoms with E-state index in [0.717, 1.165) is 4.96 Å². The molecule has 2 aromatic heterocycles. The zero-order valence-electron chi connectivity index (χ0n) is 9.28. The third kappa shape index (κ3) is 1.14. The summed E-state index contributed by atoms with van der Waals surface area (Å²) < 4.78 is 2.08. The van der Waals surface area contributed by atoms with Crippen LogP contribution in [0.2, 0.25) is 0 Å². The molecule has 3 nitrogen and oxygen atoms in total. The summed E-state index contributed by atoms with van der Waals surface area (Å²) in [5.41, 5.74) is 5.23. The second kappa shape index (κ2) is 3.06. The Morgan fingerprint density at radius 1 is 1.25 bits per heavy atom. The Bertz CT molecular complexity index is 533. The van der Waals surface area contributed by atoms with E-state index in [1.54, 1.807) is 11.3 Å². The highest BCUT2D eigenvalue weighted by Crippen LogP contribution is 2.47. The number of aryl methyl sites for hydroxylation is 1. The molecule has 1 saturated carbocycles. The van der Waals surface area contributed by atoms with Crippen LogP contribution in [-0.2, 0) is 12.8 Å². The lowest BCUT2D eigenvalue weighted by Crippen LogP contribution is -2.26. The molecule has 0 amide bonds. The molecule has 4 heteroatoms. The van der Waals surface area contributed by atoms with Crippen molar-refractivity contribution in [3.8, 4) is 0 Å². The Kier molecular flexibility index (Phi) is 1.76. The smallest absolute Gasteiger partial charge is 0.212 e. The fraction of sp³-hybridized carbons (Fsp3) is 0.667. The van der Waals surface area contributed by atoms with E-state index in [1.165, 1.54) is 56.3 Å². The maximum absolute atomic E-state index is 4.69. The quantitative estimate of drug-likeness (QED) is 0.700. The summed E-state index contributed by atoms with van der Waals surface area (Å²) in [6.45, 7) is 0. The summed E-state index contributed by atoms with van der Waals surface area (Å²) in [5.74, 6) is 0. The zero-order valence-corrected chi connectivity index (χ0v) is 10.1. The van der Waals surface area contributed by atoms with Crippen LogP contribution in [0.15, 0.2) is 5.51 Å². The van der Waals surface area contributed by atoms with Crippen molar-refractivity contribution in [2.24, 2.45) is 5.41 Å². The molecule has 1 spiro atoms. The lowest BCUT2D eigenvalue weighted by molar-refractivity contribution is 0.249. The third-order valence-electron chi connectivity index (χ3n) is 4.42. The Morgan fingerprint density at radius 2 is 2.12 bits per heavy atom. The van der Waals surface area contributed by atoms with Gasteiger partial charge in [0.05, 0.1) is 11.4 Å². The van der Waals surface area contributed by atoms with Crippen LogP contribution in [0.3, 0.4) is 0 Å². The first-order valence-electron chi connectivity index (χ1n) is 6.16. The maximum Gasteiger partial charge on any atom is 0.212 e. The Hall–Kier alpha value is -0.900. The minimum Gasteiger partial charge on any atom is -0.222 e. The Labute approximate surface area is 98.5 Å². The van der Waals surface area contributed by atoms with Crippen molar-refractivity contribution in [3.63, 3.8) is 0 Å². The summed E-state index contributed by atoms with van der Waals surface area (Å²) in [4.78, 5) is 5.77. The molecule has 0 saturated heterocycles. The lowest BCUT2D eigenvalue weighted by atomic mass is 9.73. The second-order valence-corrected chi connectivity index (χ2v) is 6.13. The van der Waals surface area contributed by atoms with Crippen LogP contribution in [0, 0.1) is 5.41 Å². The van der Waals surface area contributed by atoms with Crippen LogP contribution in [0.5, 0.6) is 0 Å². The fourth-order valence-electron chi connectivity index (χ4n) is 3.53. The van der Waals surface area contributed by atoms with Crippen molar-refractivity contribution in [1.82, 2.24) is 14.6 Å². The first kappa shape index (κ1) is 9.16. The van der Waals surface area contributed by atoms with Crippen LogP contribution in [0.4, 0.5) is 0 Å². The van der Waals surface area contributed by atoms with Gasteiger partial charge in [-0.1, -0.05) is 24.2 Å². The van der Waals surface area contributed by atoms with Gasteiger partial charge in [0.1, 0.15) is 5.51 Å². The highest BCUT2D eigenvalue weighted by atomic mass is 32.1. The van der Waals surface area contributed by atoms with Crippen LogP contribution < -0.4 is 0 Å². The van der Waals surface area contributed by atoms with Crippen LogP contribution in [-0.4, -0.2) is 14.6 Å². The minimum absolute atomic E-state index is 0.604. The standard InChI is InChI=1S/C12H15N3S/c1-2-5-12(4-1)6-3-9-10(7-12)15-11(14-9)16-8-13-15/h8H,1-7H2. The van der Waals surface area contributed by atoms with Gasteiger partial charge in [-0.3, -0.25) is 0 Å². The molecule has 2 heterocycles. The van der Waals surface area contributed by atoms with E-state index >= 15 is 0 Å². The SMILES string of the molecule is c1nn2c3c(nc2s1)CCC1(CCCC1)C3. The predicted molar refractivity (Wildman–Crippen MR) is 63.8 cm³/mol. The van der Waals surface area contributed by atoms with E-state index in [2.05, 4.69) is 14.6 Å². The normalized spacial score (nSPS) is 23.0. The largest absolute Gasteiger partial charge is 0.222 e. The lowest BCUT2D eigenvalue weighted by Gasteiger charge is -2.32. The number of rotatable bonds is 0. The molecule has 84 valence electrons. The molecule has 16 heavy (non-hydrogen) atoms. The van der Waals surface area contributed by atoms with Crippen molar-refractivity contribution in [2.75, 3.05) is 0 Å². The second-order valence-electron chi connectivity index (χ2n) is 5.32. The summed E-state index contributed by atoms with van der Waals surface area (Å²) in [7, 11) is 0. The van der Waals surface area contributed by atoms with Crippen LogP contribution >= 0.6 is 11.3 Å². The molecule has 4 rings (SSSR count). The average molecular weight is 233 g/mol. The minimum atomic E-state index is 0.604. The van der Waals surface area contributed by atoms with Crippen molar-refractivity contribution in [1.29, 1.82) is 0 Å². The number of aromatic nitrogens is 3. The fourth-order valence-corrected chi connectivity index (χ4v) is 4.19. The van der Waals surface area contributed by atoms with Gasteiger partial charge in [-0.25, -0.2) is 9.50 Å². The van der Waals surface area contributed by atoms with E-state index in [0.29, 0.717) is 5.41 Å². The molecule has 0 unspecified atom stereocenters. The molecule has 2 aromatic rings. The first-order chi connectivity index (χ1) is 7.86. The number of hydrogen-bond acceptors (Lipinski definition) is 3. The van der Waals surface area contributed by atoms with E-state index in [4.69, 9.17) is 0 Å². The molecule has 1 fully saturated rings. The van der Waals surface area contributed by atoms with Gasteiger partial charge < -0.3 is 0 Å². The molecule has 0 N–H and O–H groups in total. The summed E-state index contributed by atoms with van der Waals surface area (Å²) in [6, 6.07) is 0. The number of imidazole rings is 1. The Morgan fingerprint density at radius 3 is 3.00 bits per heavy atom. The van der Waals surface area contributed by atoms with Gasteiger partial charge in [0, 0.05) is 0 Å². The monoisotopic (exact) mass is 233 g/mol. The highest BCUT2D eigenvalue weighted by Gasteiger charge is 2.39. The third-order valence-corrected chi connectivity index (χ3v) is 5.09. The van der Waals surface area contributed by atoms with Gasteiger partial charge in [-0.15, -0.1) is 0 Å². The predicted octanol–water partition coefficient (Wildman–Crippen LogP) is 2.84. The summed E-state index contributed by atoms with van der Waals surface area (Å²) in [5, 5.41) is 4.42. The number of nitrogens with zero attached hydrogens (tertiary/aromatic N) is 3. The molecule has 0 aromatic carbocycles. The number of fused-ring (bicyclic) bond motifs is 3. The topological polar surface area (TPSA) is 30.2 Å². The van der Waals surface area contributed by atoms with E-state index < -0.39 is 0 Å². The molecule has 0 radical (unpaired) electrons. The van der Waals surface area contributed by atoms with E-state index in [-0.39, 0.29) is 0 Å². The van der Waals surface area contributed by atoms with Crippen LogP contribution in [0.25, 0.3) is 4.96 Å². The van der Waals surface area contributed by atoms with Crippen molar-refractivity contribution >= 4 is 16.3 Å². The Balaban J connectivity index is 1.84. The van der Waals surface area contributed by atoms with E-state index in [9.17, 15) is 0 Å². The summed E-state index contributed by atoms with van der Waals surface area (Å²) >= 11 is 1.65. The molecular formula is C12H15N3S. The summed E-state index contributed by atoms with van der Waals surface area (Å²) in [6.07, 6.45) is 9.43. The van der Waals surface area contributed by atoms with Gasteiger partial charge in [-0.05, 0) is 37.5 Å². The van der Waals surface area contributed by atoms with Gasteiger partial charge in [0.2, 0.25) is 4.96 Å². The molecule has 2 aliphatic carbocycles. The maximum atomic E-state index is 4.69. The van der Waals surface area contributed by atoms with Crippen LogP contribution in [0.1, 0.15) is 43.5 Å². The van der Waals surface area contributed by atoms with Gasteiger partial charge >= 0.3 is 0 Å². The van der Waals surface area contributed by atoms with E-state index in [1.807, 2.05) is 5.51 Å². The van der Waals surface area contributed by atoms with Gasteiger partial charge in [-0.2, -0.15) is 5.10 Å². The average Bonchev–Trinajstić information content (AvgIpc) is 2.95. The first-order valence-corrected chi connectivity index (χ1v) is 7.04. The van der Waals surface area contributed by atoms with Gasteiger partial charge in [0.25, 0.3) is 0 Å². The molecule has 0 aliphatic heterocycles.